The van der Waals surface area contributed by atoms with E-state index in [1.165, 1.54) is 293 Å². The molecule has 0 fully saturated rings. The summed E-state index contributed by atoms with van der Waals surface area (Å²) in [7, 11) is -1.56. The molecule has 85 heavy (non-hydrogen) atoms. The maximum absolute atomic E-state index is 4.03. The van der Waals surface area contributed by atoms with Gasteiger partial charge in [-0.15, -0.1) is 5.54 Å². The number of unbranched alkanes of at least 4 members (excludes halogenated alkanes) is 24. The molecule has 2 heteroatoms. The molecule has 4 rings (SSSR count). The Morgan fingerprint density at radius 3 is 0.612 bits per heavy atom. The van der Waals surface area contributed by atoms with E-state index < -0.39 is 8.07 Å². The van der Waals surface area contributed by atoms with Gasteiger partial charge < -0.3 is 0 Å². The van der Waals surface area contributed by atoms with E-state index in [4.69, 9.17) is 0 Å². The second kappa shape index (κ2) is 44.3. The van der Waals surface area contributed by atoms with Crippen molar-refractivity contribution in [3.63, 3.8) is 0 Å². The smallest absolute Gasteiger partial charge is 0.127 e. The number of hydrogen-bond acceptors (Lipinski definition) is 0. The molecule has 0 aliphatic rings. The fourth-order valence-corrected chi connectivity index (χ4v) is 12.9. The topological polar surface area (TPSA) is 0 Å². The monoisotopic (exact) mass is 1220 g/mol. The molecular weight excluding hydrogens is 1100 g/mol. The quantitative estimate of drug-likeness (QED) is 0.0237. The molecule has 0 N–H and O–H groups in total. The van der Waals surface area contributed by atoms with Crippen LogP contribution in [0.1, 0.15) is 344 Å². The predicted octanol–water partition coefficient (Wildman–Crippen LogP) is 24.9. The van der Waals surface area contributed by atoms with Gasteiger partial charge in [0, 0.05) is 43.4 Å². The van der Waals surface area contributed by atoms with Gasteiger partial charge in [0.15, 0.2) is 0 Å². The molecule has 0 atom stereocenters. The van der Waals surface area contributed by atoms with E-state index in [0.717, 1.165) is 51.4 Å². The SMILES string of the molecule is CCCCCCc1cc(C#Cc2cc(CCCCCC)c(C#Cc3cc(CCCCCC)c(C#Cc4cc(CCCCCC)c(C#C[Si](C)(C)C)cc4CCCCCC)cc3CCCCCC)cc2CCCCCC)c(CCCCCC)cc1Br. The average molecular weight is 1230 g/mol. The fraction of sp³-hybridized carbons (Fsp3) is 0.614. The van der Waals surface area contributed by atoms with Crippen molar-refractivity contribution >= 4 is 24.0 Å². The normalized spacial score (nSPS) is 11.2. The highest BCUT2D eigenvalue weighted by Crippen LogP contribution is 2.29. The Morgan fingerprint density at radius 2 is 0.412 bits per heavy atom. The van der Waals surface area contributed by atoms with Gasteiger partial charge in [0.25, 0.3) is 0 Å². The van der Waals surface area contributed by atoms with Gasteiger partial charge in [-0.2, -0.15) is 0 Å². The van der Waals surface area contributed by atoms with Crippen molar-refractivity contribution in [3.8, 4) is 47.0 Å². The Labute approximate surface area is 535 Å². The van der Waals surface area contributed by atoms with Crippen LogP contribution in [0.4, 0.5) is 0 Å². The number of rotatable bonds is 40. The number of aryl methyl sites for hydroxylation is 8. The van der Waals surface area contributed by atoms with Gasteiger partial charge in [-0.05, 0) is 196 Å². The molecular formula is C83H121BrSi. The number of halogens is 1. The lowest BCUT2D eigenvalue weighted by Gasteiger charge is -2.14. The highest BCUT2D eigenvalue weighted by molar-refractivity contribution is 9.10. The van der Waals surface area contributed by atoms with E-state index in [-0.39, 0.29) is 0 Å². The molecule has 0 bridgehead atoms. The van der Waals surface area contributed by atoms with Crippen molar-refractivity contribution in [2.75, 3.05) is 0 Å². The van der Waals surface area contributed by atoms with Crippen molar-refractivity contribution in [1.29, 1.82) is 0 Å². The average Bonchev–Trinajstić information content (AvgIpc) is 3.26. The summed E-state index contributed by atoms with van der Waals surface area (Å²) in [6.45, 7) is 25.7. The van der Waals surface area contributed by atoms with Gasteiger partial charge in [-0.25, -0.2) is 0 Å². The van der Waals surface area contributed by atoms with E-state index in [2.05, 4.69) is 186 Å². The standard InChI is InChI=1S/C83H121BrSi/c1-12-20-28-36-44-68-61-77(54-55-79-64-73(49-41-33-25-17-6)81(58-59-85(9,10)11)65-72(79)48-40-32-24-16-5)69(45-37-29-21-13-2)60-75(68)52-53-76-62-71(47-39-31-23-15-4)78(63-70(76)46-38-30-22-14-3)56-57-80-66-82(51-43-35-27-19-8)83(84)67-74(80)50-42-34-26-18-7/h60-67H,12-51H2,1-11H3. The van der Waals surface area contributed by atoms with E-state index in [0.29, 0.717) is 0 Å². The van der Waals surface area contributed by atoms with Gasteiger partial charge in [0.1, 0.15) is 8.07 Å². The van der Waals surface area contributed by atoms with Gasteiger partial charge in [-0.1, -0.05) is 287 Å². The largest absolute Gasteiger partial charge is 0.129 e. The number of benzene rings is 4. The van der Waals surface area contributed by atoms with Crippen LogP contribution in [0.25, 0.3) is 0 Å². The van der Waals surface area contributed by atoms with Crippen LogP contribution in [-0.2, 0) is 51.4 Å². The van der Waals surface area contributed by atoms with Crippen LogP contribution in [-0.4, -0.2) is 8.07 Å². The van der Waals surface area contributed by atoms with E-state index >= 15 is 0 Å². The van der Waals surface area contributed by atoms with Crippen LogP contribution in [0.3, 0.4) is 0 Å². The second-order valence-electron chi connectivity index (χ2n) is 26.3. The first-order valence-electron chi connectivity index (χ1n) is 35.8. The molecule has 0 spiro atoms. The molecule has 0 unspecified atom stereocenters. The minimum atomic E-state index is -1.56. The lowest BCUT2D eigenvalue weighted by Crippen LogP contribution is -2.16. The van der Waals surface area contributed by atoms with E-state index in [1.54, 1.807) is 0 Å². The molecule has 0 radical (unpaired) electrons. The Balaban J connectivity index is 2.00. The van der Waals surface area contributed by atoms with Crippen LogP contribution in [0, 0.1) is 47.0 Å². The summed E-state index contributed by atoms with van der Waals surface area (Å²) in [6, 6.07) is 19.8. The third-order valence-electron chi connectivity index (χ3n) is 17.2. The van der Waals surface area contributed by atoms with E-state index in [1.807, 2.05) is 0 Å². The highest BCUT2D eigenvalue weighted by Gasteiger charge is 2.16. The molecule has 464 valence electrons. The van der Waals surface area contributed by atoms with Crippen molar-refractivity contribution in [3.05, 3.63) is 136 Å². The van der Waals surface area contributed by atoms with Gasteiger partial charge >= 0.3 is 0 Å². The predicted molar refractivity (Wildman–Crippen MR) is 384 cm³/mol. The molecule has 4 aromatic carbocycles. The maximum atomic E-state index is 4.03. The summed E-state index contributed by atoms with van der Waals surface area (Å²) in [5.74, 6) is 27.3. The van der Waals surface area contributed by atoms with Crippen LogP contribution in [0.2, 0.25) is 19.6 Å². The Morgan fingerprint density at radius 1 is 0.235 bits per heavy atom. The van der Waals surface area contributed by atoms with Crippen molar-refractivity contribution in [2.45, 2.75) is 332 Å². The van der Waals surface area contributed by atoms with Gasteiger partial charge in [0.2, 0.25) is 0 Å². The summed E-state index contributed by atoms with van der Waals surface area (Å²) in [5.41, 5.74) is 23.4. The van der Waals surface area contributed by atoms with Crippen molar-refractivity contribution in [2.24, 2.45) is 0 Å². The molecule has 0 nitrogen and oxygen atoms in total. The zero-order valence-corrected chi connectivity index (χ0v) is 59.4. The summed E-state index contributed by atoms with van der Waals surface area (Å²) in [6.07, 6.45) is 48.2. The molecule has 0 saturated heterocycles. The highest BCUT2D eigenvalue weighted by atomic mass is 79.9. The second-order valence-corrected chi connectivity index (χ2v) is 31.9. The van der Waals surface area contributed by atoms with Crippen LogP contribution in [0.15, 0.2) is 53.0 Å². The molecule has 0 amide bonds. The molecule has 0 aliphatic carbocycles. The Bertz CT molecular complexity index is 2800. The zero-order chi connectivity index (χ0) is 61.3. The van der Waals surface area contributed by atoms with Crippen LogP contribution >= 0.6 is 15.9 Å². The van der Waals surface area contributed by atoms with Crippen LogP contribution < -0.4 is 0 Å². The first-order chi connectivity index (χ1) is 41.4. The molecule has 0 saturated carbocycles. The van der Waals surface area contributed by atoms with Gasteiger partial charge in [0.05, 0.1) is 0 Å². The summed E-state index contributed by atoms with van der Waals surface area (Å²) >= 11 is 4.03. The lowest BCUT2D eigenvalue weighted by atomic mass is 9.90. The molecule has 0 aromatic heterocycles. The molecule has 0 aliphatic heterocycles. The molecule has 4 aromatic rings. The minimum absolute atomic E-state index is 1.03. The summed E-state index contributed by atoms with van der Waals surface area (Å²) in [5, 5.41) is 0. The summed E-state index contributed by atoms with van der Waals surface area (Å²) in [4.78, 5) is 0. The first-order valence-corrected chi connectivity index (χ1v) is 40.1. The zero-order valence-electron chi connectivity index (χ0n) is 56.8. The van der Waals surface area contributed by atoms with Gasteiger partial charge in [-0.3, -0.25) is 0 Å². The third kappa shape index (κ3) is 29.1. The fourth-order valence-electron chi connectivity index (χ4n) is 11.8. The summed E-state index contributed by atoms with van der Waals surface area (Å²) < 4.78 is 1.26. The lowest BCUT2D eigenvalue weighted by molar-refractivity contribution is 0.662. The van der Waals surface area contributed by atoms with Crippen LogP contribution in [0.5, 0.6) is 0 Å². The Hall–Kier alpha value is -4.18. The maximum Gasteiger partial charge on any atom is 0.129 e. The van der Waals surface area contributed by atoms with Crippen molar-refractivity contribution in [1.82, 2.24) is 0 Å². The Kier molecular flexibility index (Phi) is 38.2. The number of hydrogen-bond donors (Lipinski definition) is 0. The first kappa shape index (κ1) is 73.3. The third-order valence-corrected chi connectivity index (χ3v) is 18.8. The van der Waals surface area contributed by atoms with Crippen molar-refractivity contribution < 1.29 is 0 Å². The molecule has 0 heterocycles. The minimum Gasteiger partial charge on any atom is -0.127 e. The van der Waals surface area contributed by atoms with E-state index in [9.17, 15) is 0 Å².